The maximum absolute atomic E-state index is 12.5. The molecule has 1 aliphatic carbocycles. The van der Waals surface area contributed by atoms with Gasteiger partial charge in [0, 0.05) is 12.8 Å². The first kappa shape index (κ1) is 11.8. The van der Waals surface area contributed by atoms with E-state index in [1.807, 2.05) is 36.4 Å². The summed E-state index contributed by atoms with van der Waals surface area (Å²) in [6, 6.07) is 11.7. The van der Waals surface area contributed by atoms with Crippen molar-refractivity contribution in [3.8, 4) is 5.75 Å². The Morgan fingerprint density at radius 1 is 0.900 bits per heavy atom. The Hall–Kier alpha value is -2.03. The molecule has 3 heteroatoms. The fraction of sp³-hybridized carbons (Fsp3) is 0.353. The Labute approximate surface area is 117 Å². The number of carbonyl (C=O) groups is 1. The van der Waals surface area contributed by atoms with E-state index >= 15 is 0 Å². The van der Waals surface area contributed by atoms with Gasteiger partial charge in [-0.05, 0) is 29.7 Å². The van der Waals surface area contributed by atoms with Crippen molar-refractivity contribution < 1.29 is 14.3 Å². The molecule has 0 N–H and O–H groups in total. The number of fused-ring (bicyclic) bond motifs is 3. The van der Waals surface area contributed by atoms with Crippen molar-refractivity contribution >= 4 is 16.7 Å². The van der Waals surface area contributed by atoms with Gasteiger partial charge in [-0.1, -0.05) is 36.8 Å². The normalized spacial score (nSPS) is 20.3. The second-order valence-electron chi connectivity index (χ2n) is 5.62. The summed E-state index contributed by atoms with van der Waals surface area (Å²) in [5.74, 6) is -0.295. The number of hydrogen-bond donors (Lipinski definition) is 0. The number of esters is 1. The molecule has 0 aromatic heterocycles. The number of rotatable bonds is 0. The SMILES string of the molecule is O=C1OC2(CCCCC2)Oc2ccc3ccccc3c21. The lowest BCUT2D eigenvalue weighted by Crippen LogP contribution is -2.46. The van der Waals surface area contributed by atoms with Crippen LogP contribution < -0.4 is 4.74 Å². The van der Waals surface area contributed by atoms with Crippen molar-refractivity contribution in [2.24, 2.45) is 0 Å². The zero-order valence-electron chi connectivity index (χ0n) is 11.2. The lowest BCUT2D eigenvalue weighted by atomic mass is 9.92. The molecule has 1 fully saturated rings. The summed E-state index contributed by atoms with van der Waals surface area (Å²) in [5, 5.41) is 1.94. The largest absolute Gasteiger partial charge is 0.451 e. The second kappa shape index (κ2) is 4.23. The Morgan fingerprint density at radius 3 is 2.55 bits per heavy atom. The van der Waals surface area contributed by atoms with Crippen molar-refractivity contribution in [2.75, 3.05) is 0 Å². The van der Waals surface area contributed by atoms with Gasteiger partial charge in [0.15, 0.2) is 0 Å². The van der Waals surface area contributed by atoms with Crippen LogP contribution in [-0.2, 0) is 4.74 Å². The summed E-state index contributed by atoms with van der Waals surface area (Å²) in [6.45, 7) is 0. The van der Waals surface area contributed by atoms with Crippen LogP contribution in [0.3, 0.4) is 0 Å². The first-order valence-electron chi connectivity index (χ1n) is 7.22. The van der Waals surface area contributed by atoms with Gasteiger partial charge in [0.1, 0.15) is 11.3 Å². The molecule has 0 atom stereocenters. The van der Waals surface area contributed by atoms with Gasteiger partial charge in [0.2, 0.25) is 0 Å². The van der Waals surface area contributed by atoms with E-state index in [2.05, 4.69) is 0 Å². The predicted molar refractivity (Wildman–Crippen MR) is 75.8 cm³/mol. The first-order chi connectivity index (χ1) is 9.77. The smallest absolute Gasteiger partial charge is 0.345 e. The van der Waals surface area contributed by atoms with E-state index in [9.17, 15) is 4.79 Å². The van der Waals surface area contributed by atoms with Gasteiger partial charge in [0.25, 0.3) is 5.79 Å². The quantitative estimate of drug-likeness (QED) is 0.676. The first-order valence-corrected chi connectivity index (χ1v) is 7.22. The fourth-order valence-electron chi connectivity index (χ4n) is 3.28. The molecule has 0 unspecified atom stereocenters. The molecule has 4 rings (SSSR count). The molecule has 102 valence electrons. The van der Waals surface area contributed by atoms with Gasteiger partial charge < -0.3 is 9.47 Å². The molecule has 0 amide bonds. The summed E-state index contributed by atoms with van der Waals surface area (Å²) >= 11 is 0. The Balaban J connectivity index is 1.85. The molecule has 2 aromatic rings. The standard InChI is InChI=1S/C17H16O3/c18-16-15-13-7-3-2-6-12(13)8-9-14(15)19-17(20-16)10-4-1-5-11-17/h2-3,6-9H,1,4-5,10-11H2. The summed E-state index contributed by atoms with van der Waals surface area (Å²) < 4.78 is 11.8. The van der Waals surface area contributed by atoms with Crippen LogP contribution in [0.15, 0.2) is 36.4 Å². The third kappa shape index (κ3) is 1.69. The highest BCUT2D eigenvalue weighted by Gasteiger charge is 2.43. The van der Waals surface area contributed by atoms with Gasteiger partial charge >= 0.3 is 5.97 Å². The average Bonchev–Trinajstić information content (AvgIpc) is 2.47. The molecule has 1 aliphatic heterocycles. The summed E-state index contributed by atoms with van der Waals surface area (Å²) in [7, 11) is 0. The van der Waals surface area contributed by atoms with Gasteiger partial charge in [0.05, 0.1) is 0 Å². The highest BCUT2D eigenvalue weighted by molar-refractivity contribution is 6.07. The van der Waals surface area contributed by atoms with Crippen molar-refractivity contribution in [1.82, 2.24) is 0 Å². The van der Waals surface area contributed by atoms with Crippen LogP contribution >= 0.6 is 0 Å². The van der Waals surface area contributed by atoms with E-state index in [1.54, 1.807) is 0 Å². The van der Waals surface area contributed by atoms with Crippen LogP contribution in [0.5, 0.6) is 5.75 Å². The molecule has 0 radical (unpaired) electrons. The molecule has 0 bridgehead atoms. The van der Waals surface area contributed by atoms with Crippen molar-refractivity contribution in [3.63, 3.8) is 0 Å². The summed E-state index contributed by atoms with van der Waals surface area (Å²) in [6.07, 6.45) is 4.88. The molecule has 2 aromatic carbocycles. The van der Waals surface area contributed by atoms with E-state index in [1.165, 1.54) is 6.42 Å². The monoisotopic (exact) mass is 268 g/mol. The minimum atomic E-state index is -0.717. The van der Waals surface area contributed by atoms with Crippen molar-refractivity contribution in [1.29, 1.82) is 0 Å². The fourth-order valence-corrected chi connectivity index (χ4v) is 3.28. The van der Waals surface area contributed by atoms with Crippen LogP contribution in [0.1, 0.15) is 42.5 Å². The molecule has 0 saturated heterocycles. The van der Waals surface area contributed by atoms with Crippen LogP contribution in [0.25, 0.3) is 10.8 Å². The maximum atomic E-state index is 12.5. The molecular formula is C17H16O3. The van der Waals surface area contributed by atoms with E-state index < -0.39 is 5.79 Å². The molecule has 2 aliphatic rings. The zero-order valence-corrected chi connectivity index (χ0v) is 11.2. The number of ether oxygens (including phenoxy) is 2. The highest BCUT2D eigenvalue weighted by atomic mass is 16.7. The third-order valence-electron chi connectivity index (χ3n) is 4.28. The lowest BCUT2D eigenvalue weighted by molar-refractivity contribution is -0.172. The average molecular weight is 268 g/mol. The molecule has 1 heterocycles. The molecule has 20 heavy (non-hydrogen) atoms. The maximum Gasteiger partial charge on any atom is 0.345 e. The van der Waals surface area contributed by atoms with E-state index in [0.717, 1.165) is 36.5 Å². The Kier molecular flexibility index (Phi) is 2.49. The molecule has 3 nitrogen and oxygen atoms in total. The lowest BCUT2D eigenvalue weighted by Gasteiger charge is -2.40. The summed E-state index contributed by atoms with van der Waals surface area (Å²) in [4.78, 5) is 12.5. The molecular weight excluding hydrogens is 252 g/mol. The summed E-state index contributed by atoms with van der Waals surface area (Å²) in [5.41, 5.74) is 0.569. The van der Waals surface area contributed by atoms with Crippen LogP contribution in [0, 0.1) is 0 Å². The number of carbonyl (C=O) groups excluding carboxylic acids is 1. The van der Waals surface area contributed by atoms with Gasteiger partial charge in [-0.3, -0.25) is 0 Å². The molecule has 1 saturated carbocycles. The topological polar surface area (TPSA) is 35.5 Å². The van der Waals surface area contributed by atoms with Gasteiger partial charge in [-0.25, -0.2) is 4.79 Å². The Bertz CT molecular complexity index is 684. The Morgan fingerprint density at radius 2 is 1.70 bits per heavy atom. The minimum absolute atomic E-state index is 0.245. The van der Waals surface area contributed by atoms with E-state index in [-0.39, 0.29) is 5.97 Å². The minimum Gasteiger partial charge on any atom is -0.451 e. The van der Waals surface area contributed by atoms with Crippen LogP contribution in [-0.4, -0.2) is 11.8 Å². The predicted octanol–water partition coefficient (Wildman–Crippen LogP) is 4.05. The number of hydrogen-bond acceptors (Lipinski definition) is 3. The van der Waals surface area contributed by atoms with E-state index in [4.69, 9.17) is 9.47 Å². The molecule has 1 spiro atoms. The van der Waals surface area contributed by atoms with Gasteiger partial charge in [-0.2, -0.15) is 0 Å². The highest BCUT2D eigenvalue weighted by Crippen LogP contribution is 2.42. The van der Waals surface area contributed by atoms with Crippen molar-refractivity contribution in [3.05, 3.63) is 42.0 Å². The number of benzene rings is 2. The second-order valence-corrected chi connectivity index (χ2v) is 5.62. The van der Waals surface area contributed by atoms with Crippen molar-refractivity contribution in [2.45, 2.75) is 37.9 Å². The zero-order chi connectivity index (χ0) is 13.6. The van der Waals surface area contributed by atoms with Crippen LogP contribution in [0.2, 0.25) is 0 Å². The van der Waals surface area contributed by atoms with Gasteiger partial charge in [-0.15, -0.1) is 0 Å². The van der Waals surface area contributed by atoms with E-state index in [0.29, 0.717) is 11.3 Å². The third-order valence-corrected chi connectivity index (χ3v) is 4.28. The van der Waals surface area contributed by atoms with Crippen LogP contribution in [0.4, 0.5) is 0 Å².